The largest absolute Gasteiger partial charge is 0.467 e. The molecule has 0 bridgehead atoms. The summed E-state index contributed by atoms with van der Waals surface area (Å²) < 4.78 is 10.6. The molecule has 0 saturated heterocycles. The van der Waals surface area contributed by atoms with Crippen molar-refractivity contribution in [2.24, 2.45) is 0 Å². The molecular weight excluding hydrogens is 432 g/mol. The van der Waals surface area contributed by atoms with E-state index in [2.05, 4.69) is 16.0 Å². The van der Waals surface area contributed by atoms with Crippen LogP contribution >= 0.6 is 11.8 Å². The minimum absolute atomic E-state index is 0.0526. The summed E-state index contributed by atoms with van der Waals surface area (Å²) in [5.74, 6) is -0.368. The van der Waals surface area contributed by atoms with E-state index in [4.69, 9.17) is 9.15 Å². The van der Waals surface area contributed by atoms with Crippen LogP contribution in [0, 0.1) is 0 Å². The molecule has 9 nitrogen and oxygen atoms in total. The van der Waals surface area contributed by atoms with Gasteiger partial charge in [0.15, 0.2) is 0 Å². The van der Waals surface area contributed by atoms with Crippen molar-refractivity contribution >= 4 is 35.4 Å². The highest BCUT2D eigenvalue weighted by Gasteiger charge is 2.35. The summed E-state index contributed by atoms with van der Waals surface area (Å²) in [6.07, 6.45) is 3.41. The lowest BCUT2D eigenvalue weighted by atomic mass is 10.00. The molecule has 170 valence electrons. The van der Waals surface area contributed by atoms with Gasteiger partial charge >= 0.3 is 12.0 Å². The van der Waals surface area contributed by atoms with E-state index in [1.807, 2.05) is 30.5 Å². The quantitative estimate of drug-likeness (QED) is 0.391. The topological polar surface area (TPSA) is 113 Å². The Bertz CT molecular complexity index is 1010. The number of thioether (sulfide) groups is 1. The van der Waals surface area contributed by atoms with Crippen molar-refractivity contribution in [2.75, 3.05) is 38.3 Å². The van der Waals surface area contributed by atoms with E-state index >= 15 is 0 Å². The van der Waals surface area contributed by atoms with Crippen LogP contribution < -0.4 is 16.0 Å². The molecule has 0 saturated carbocycles. The van der Waals surface area contributed by atoms with Gasteiger partial charge in [-0.25, -0.2) is 9.59 Å². The highest BCUT2D eigenvalue weighted by molar-refractivity contribution is 7.98. The Balaban J connectivity index is 1.78. The zero-order valence-electron chi connectivity index (χ0n) is 18.1. The van der Waals surface area contributed by atoms with E-state index in [1.54, 1.807) is 42.8 Å². The predicted octanol–water partition coefficient (Wildman–Crippen LogP) is 2.74. The summed E-state index contributed by atoms with van der Waals surface area (Å²) in [6.45, 7) is 2.09. The lowest BCUT2D eigenvalue weighted by Gasteiger charge is -2.29. The van der Waals surface area contributed by atoms with Gasteiger partial charge < -0.3 is 25.1 Å². The number of hydrogen-bond acceptors (Lipinski definition) is 7. The Morgan fingerprint density at radius 2 is 2.03 bits per heavy atom. The van der Waals surface area contributed by atoms with Crippen molar-refractivity contribution in [3.8, 4) is 0 Å². The number of carbonyl (C=O) groups is 3. The van der Waals surface area contributed by atoms with Crippen LogP contribution in [0.15, 0.2) is 63.2 Å². The van der Waals surface area contributed by atoms with E-state index in [0.717, 1.165) is 10.6 Å². The number of amides is 3. The summed E-state index contributed by atoms with van der Waals surface area (Å²) in [6, 6.07) is 9.62. The van der Waals surface area contributed by atoms with Crippen LogP contribution in [0.1, 0.15) is 18.7 Å². The Labute approximate surface area is 190 Å². The summed E-state index contributed by atoms with van der Waals surface area (Å²) in [5.41, 5.74) is 1.33. The molecule has 1 atom stereocenters. The molecule has 1 unspecified atom stereocenters. The number of esters is 1. The predicted molar refractivity (Wildman–Crippen MR) is 121 cm³/mol. The van der Waals surface area contributed by atoms with Crippen LogP contribution in [0.3, 0.4) is 0 Å². The molecule has 2 aromatic rings. The number of likely N-dealkylation sites (N-methyl/N-ethyl adjacent to an activating group) is 1. The first-order chi connectivity index (χ1) is 15.4. The number of nitrogens with zero attached hydrogens (tertiary/aromatic N) is 1. The third-order valence-corrected chi connectivity index (χ3v) is 5.50. The molecule has 32 heavy (non-hydrogen) atoms. The number of rotatable bonds is 9. The van der Waals surface area contributed by atoms with Gasteiger partial charge in [-0.2, -0.15) is 0 Å². The van der Waals surface area contributed by atoms with Crippen LogP contribution in [0.2, 0.25) is 0 Å². The first-order valence-electron chi connectivity index (χ1n) is 10.0. The summed E-state index contributed by atoms with van der Waals surface area (Å²) in [4.78, 5) is 40.2. The van der Waals surface area contributed by atoms with Crippen LogP contribution in [-0.2, 0) is 14.3 Å². The molecule has 3 N–H and O–H groups in total. The normalized spacial score (nSPS) is 15.9. The maximum absolute atomic E-state index is 12.7. The molecule has 1 aromatic heterocycles. The minimum Gasteiger partial charge on any atom is -0.467 e. The Kier molecular flexibility index (Phi) is 7.96. The second kappa shape index (κ2) is 10.9. The van der Waals surface area contributed by atoms with Gasteiger partial charge in [0.05, 0.1) is 30.7 Å². The fraction of sp³-hybridized carbons (Fsp3) is 0.318. The molecule has 0 fully saturated rings. The van der Waals surface area contributed by atoms with Crippen LogP contribution in [0.25, 0.3) is 0 Å². The lowest BCUT2D eigenvalue weighted by molar-refractivity contribution is -0.139. The lowest BCUT2D eigenvalue weighted by Crippen LogP contribution is -2.48. The highest BCUT2D eigenvalue weighted by Crippen LogP contribution is 2.28. The van der Waals surface area contributed by atoms with Crippen molar-refractivity contribution in [3.63, 3.8) is 0 Å². The molecule has 0 radical (unpaired) electrons. The standard InChI is InChI=1S/C22H26N4O5S/c1-4-30-21(28)19-15(24-22(29)25-20(19)16-9-7-11-31-16)12-26(2)13-18(27)23-14-8-5-6-10-17(14)32-3/h5-11,20H,4,12-13H2,1-3H3,(H,23,27)(H2,24,25,29). The number of furan rings is 1. The van der Waals surface area contributed by atoms with Crippen molar-refractivity contribution in [2.45, 2.75) is 17.9 Å². The molecule has 0 spiro atoms. The number of benzene rings is 1. The highest BCUT2D eigenvalue weighted by atomic mass is 32.2. The first kappa shape index (κ1) is 23.4. The van der Waals surface area contributed by atoms with Gasteiger partial charge in [-0.3, -0.25) is 9.69 Å². The van der Waals surface area contributed by atoms with Gasteiger partial charge in [0.25, 0.3) is 0 Å². The van der Waals surface area contributed by atoms with Gasteiger partial charge in [0.1, 0.15) is 11.8 Å². The van der Waals surface area contributed by atoms with E-state index in [0.29, 0.717) is 11.5 Å². The zero-order chi connectivity index (χ0) is 23.1. The average Bonchev–Trinajstić information content (AvgIpc) is 3.28. The molecule has 0 aliphatic carbocycles. The van der Waals surface area contributed by atoms with Gasteiger partial charge in [0, 0.05) is 17.1 Å². The number of urea groups is 1. The van der Waals surface area contributed by atoms with E-state index in [1.165, 1.54) is 6.26 Å². The van der Waals surface area contributed by atoms with Crippen molar-refractivity contribution in [3.05, 3.63) is 59.7 Å². The van der Waals surface area contributed by atoms with Gasteiger partial charge in [0.2, 0.25) is 5.91 Å². The Hall–Kier alpha value is -3.24. The fourth-order valence-corrected chi connectivity index (χ4v) is 3.92. The molecule has 1 aliphatic heterocycles. The fourth-order valence-electron chi connectivity index (χ4n) is 3.37. The third-order valence-electron chi connectivity index (χ3n) is 4.70. The number of hydrogen-bond donors (Lipinski definition) is 3. The second-order valence-corrected chi connectivity index (χ2v) is 7.93. The van der Waals surface area contributed by atoms with Crippen LogP contribution in [-0.4, -0.2) is 55.8 Å². The maximum atomic E-state index is 12.7. The van der Waals surface area contributed by atoms with Crippen LogP contribution in [0.5, 0.6) is 0 Å². The number of nitrogens with one attached hydrogen (secondary N) is 3. The van der Waals surface area contributed by atoms with Crippen molar-refractivity contribution in [1.82, 2.24) is 15.5 Å². The van der Waals surface area contributed by atoms with Crippen molar-refractivity contribution < 1.29 is 23.5 Å². The Morgan fingerprint density at radius 3 is 2.72 bits per heavy atom. The molecule has 1 aliphatic rings. The average molecular weight is 459 g/mol. The van der Waals surface area contributed by atoms with Gasteiger partial charge in [-0.1, -0.05) is 12.1 Å². The number of anilines is 1. The van der Waals surface area contributed by atoms with Crippen LogP contribution in [0.4, 0.5) is 10.5 Å². The molecular formula is C22H26N4O5S. The minimum atomic E-state index is -0.788. The van der Waals surface area contributed by atoms with Gasteiger partial charge in [-0.05, 0) is 44.5 Å². The number of para-hydroxylation sites is 1. The van der Waals surface area contributed by atoms with E-state index in [-0.39, 0.29) is 31.2 Å². The molecule has 2 heterocycles. The summed E-state index contributed by atoms with van der Waals surface area (Å²) in [7, 11) is 1.73. The molecule has 3 amide bonds. The first-order valence-corrected chi connectivity index (χ1v) is 11.3. The second-order valence-electron chi connectivity index (χ2n) is 7.08. The molecule has 1 aromatic carbocycles. The van der Waals surface area contributed by atoms with E-state index < -0.39 is 18.0 Å². The molecule has 3 rings (SSSR count). The zero-order valence-corrected chi connectivity index (χ0v) is 19.0. The maximum Gasteiger partial charge on any atom is 0.338 e. The van der Waals surface area contributed by atoms with E-state index in [9.17, 15) is 14.4 Å². The van der Waals surface area contributed by atoms with Gasteiger partial charge in [-0.15, -0.1) is 11.8 Å². The number of ether oxygens (including phenoxy) is 1. The monoisotopic (exact) mass is 458 g/mol. The molecule has 10 heteroatoms. The summed E-state index contributed by atoms with van der Waals surface area (Å²) >= 11 is 1.54. The third kappa shape index (κ3) is 5.71. The van der Waals surface area contributed by atoms with Crippen molar-refractivity contribution in [1.29, 1.82) is 0 Å². The summed E-state index contributed by atoms with van der Waals surface area (Å²) in [5, 5.41) is 8.28. The Morgan fingerprint density at radius 1 is 1.25 bits per heavy atom. The smallest absolute Gasteiger partial charge is 0.338 e. The SMILES string of the molecule is CCOC(=O)C1=C(CN(C)CC(=O)Nc2ccccc2SC)NC(=O)NC1c1ccco1. The number of carbonyl (C=O) groups excluding carboxylic acids is 3.